The van der Waals surface area contributed by atoms with Crippen LogP contribution in [-0.4, -0.2) is 7.11 Å². The van der Waals surface area contributed by atoms with E-state index in [2.05, 4.69) is 50.9 Å². The molecule has 1 unspecified atom stereocenters. The number of halogens is 3. The van der Waals surface area contributed by atoms with Gasteiger partial charge in [0.1, 0.15) is 5.75 Å². The Morgan fingerprint density at radius 1 is 1.16 bits per heavy atom. The van der Waals surface area contributed by atoms with Crippen LogP contribution in [0.3, 0.4) is 0 Å². The Kier molecular flexibility index (Phi) is 4.93. The highest BCUT2D eigenvalue weighted by Gasteiger charge is 2.17. The molecule has 4 heteroatoms. The Morgan fingerprint density at radius 2 is 1.89 bits per heavy atom. The second-order valence-corrected chi connectivity index (χ2v) is 6.34. The molecule has 0 aliphatic carbocycles. The van der Waals surface area contributed by atoms with Crippen LogP contribution in [0, 0.1) is 6.92 Å². The van der Waals surface area contributed by atoms with Crippen molar-refractivity contribution >= 4 is 43.5 Å². The van der Waals surface area contributed by atoms with E-state index in [-0.39, 0.29) is 4.83 Å². The molecule has 0 aromatic heterocycles. The number of hydrogen-bond donors (Lipinski definition) is 0. The minimum atomic E-state index is 0.0418. The first kappa shape index (κ1) is 14.9. The summed E-state index contributed by atoms with van der Waals surface area (Å²) < 4.78 is 6.27. The second kappa shape index (κ2) is 6.29. The molecule has 0 heterocycles. The fraction of sp³-hybridized carbons (Fsp3) is 0.200. The van der Waals surface area contributed by atoms with Gasteiger partial charge in [-0.3, -0.25) is 0 Å². The molecule has 0 spiro atoms. The van der Waals surface area contributed by atoms with Crippen molar-refractivity contribution in [3.8, 4) is 5.75 Å². The zero-order valence-corrected chi connectivity index (χ0v) is 14.5. The topological polar surface area (TPSA) is 9.23 Å². The highest BCUT2D eigenvalue weighted by atomic mass is 79.9. The Balaban J connectivity index is 2.44. The van der Waals surface area contributed by atoms with Crippen LogP contribution >= 0.6 is 43.5 Å². The molecule has 0 aliphatic heterocycles. The summed E-state index contributed by atoms with van der Waals surface area (Å²) in [4.78, 5) is 0.0418. The van der Waals surface area contributed by atoms with Crippen LogP contribution in [0.1, 0.15) is 21.5 Å². The summed E-state index contributed by atoms with van der Waals surface area (Å²) in [7, 11) is 1.63. The molecule has 0 radical (unpaired) electrons. The van der Waals surface area contributed by atoms with Crippen LogP contribution < -0.4 is 4.74 Å². The van der Waals surface area contributed by atoms with E-state index in [4.69, 9.17) is 16.3 Å². The second-order valence-electron chi connectivity index (χ2n) is 4.23. The third-order valence-electron chi connectivity index (χ3n) is 2.98. The Bertz CT molecular complexity index is 599. The van der Waals surface area contributed by atoms with Gasteiger partial charge < -0.3 is 4.74 Å². The van der Waals surface area contributed by atoms with Crippen molar-refractivity contribution < 1.29 is 4.74 Å². The van der Waals surface area contributed by atoms with E-state index >= 15 is 0 Å². The lowest BCUT2D eigenvalue weighted by Crippen LogP contribution is -1.97. The number of aryl methyl sites for hydroxylation is 1. The summed E-state index contributed by atoms with van der Waals surface area (Å²) in [5.41, 5.74) is 3.38. The van der Waals surface area contributed by atoms with Crippen LogP contribution in [-0.2, 0) is 0 Å². The van der Waals surface area contributed by atoms with Crippen LogP contribution in [0.4, 0.5) is 0 Å². The molecule has 0 saturated heterocycles. The van der Waals surface area contributed by atoms with Gasteiger partial charge in [-0.2, -0.15) is 0 Å². The van der Waals surface area contributed by atoms with Crippen molar-refractivity contribution in [2.75, 3.05) is 7.11 Å². The van der Waals surface area contributed by atoms with E-state index in [1.54, 1.807) is 7.11 Å². The molecule has 2 rings (SSSR count). The Labute approximate surface area is 135 Å². The van der Waals surface area contributed by atoms with Gasteiger partial charge in [0.15, 0.2) is 0 Å². The van der Waals surface area contributed by atoms with Crippen LogP contribution in [0.15, 0.2) is 40.9 Å². The third kappa shape index (κ3) is 3.15. The van der Waals surface area contributed by atoms with Gasteiger partial charge in [0, 0.05) is 9.50 Å². The lowest BCUT2D eigenvalue weighted by molar-refractivity contribution is 0.414. The molecule has 0 saturated carbocycles. The van der Waals surface area contributed by atoms with Gasteiger partial charge in [-0.1, -0.05) is 67.7 Å². The summed E-state index contributed by atoms with van der Waals surface area (Å²) in [6.45, 7) is 2.07. The van der Waals surface area contributed by atoms with Crippen molar-refractivity contribution in [1.29, 1.82) is 0 Å². The van der Waals surface area contributed by atoms with Gasteiger partial charge in [0.2, 0.25) is 0 Å². The number of hydrogen-bond acceptors (Lipinski definition) is 1. The monoisotopic (exact) mass is 402 g/mol. The van der Waals surface area contributed by atoms with Crippen molar-refractivity contribution in [3.63, 3.8) is 0 Å². The maximum absolute atomic E-state index is 6.32. The highest BCUT2D eigenvalue weighted by molar-refractivity contribution is 9.11. The maximum atomic E-state index is 6.32. The largest absolute Gasteiger partial charge is 0.497 e. The molecule has 0 aliphatic rings. The Hall–Kier alpha value is -0.510. The summed E-state index contributed by atoms with van der Waals surface area (Å²) in [6, 6.07) is 11.9. The fourth-order valence-corrected chi connectivity index (χ4v) is 3.87. The summed E-state index contributed by atoms with van der Waals surface area (Å²) in [6.07, 6.45) is 0. The zero-order valence-electron chi connectivity index (χ0n) is 10.6. The Morgan fingerprint density at radius 3 is 2.53 bits per heavy atom. The predicted octanol–water partition coefficient (Wildman–Crippen LogP) is 5.90. The fourth-order valence-electron chi connectivity index (χ4n) is 1.87. The summed E-state index contributed by atoms with van der Waals surface area (Å²) >= 11 is 13.7. The van der Waals surface area contributed by atoms with Gasteiger partial charge in [0.25, 0.3) is 0 Å². The first-order chi connectivity index (χ1) is 9.04. The number of alkyl halides is 1. The van der Waals surface area contributed by atoms with E-state index in [0.29, 0.717) is 5.02 Å². The van der Waals surface area contributed by atoms with Crippen LogP contribution in [0.2, 0.25) is 5.02 Å². The SMILES string of the molecule is COc1ccc(C(Br)c2cccc(C)c2Br)c(Cl)c1. The summed E-state index contributed by atoms with van der Waals surface area (Å²) in [5, 5.41) is 0.689. The van der Waals surface area contributed by atoms with Crippen molar-refractivity contribution in [2.24, 2.45) is 0 Å². The maximum Gasteiger partial charge on any atom is 0.120 e. The van der Waals surface area contributed by atoms with Crippen molar-refractivity contribution in [2.45, 2.75) is 11.8 Å². The van der Waals surface area contributed by atoms with E-state index in [1.165, 1.54) is 5.56 Å². The van der Waals surface area contributed by atoms with E-state index < -0.39 is 0 Å². The van der Waals surface area contributed by atoms with E-state index in [9.17, 15) is 0 Å². The minimum absolute atomic E-state index is 0.0418. The molecule has 100 valence electrons. The average Bonchev–Trinajstić information content (AvgIpc) is 2.41. The van der Waals surface area contributed by atoms with Crippen LogP contribution in [0.25, 0.3) is 0 Å². The van der Waals surface area contributed by atoms with Gasteiger partial charge in [0.05, 0.1) is 11.9 Å². The number of ether oxygens (including phenoxy) is 1. The number of benzene rings is 2. The first-order valence-electron chi connectivity index (χ1n) is 5.77. The number of methoxy groups -OCH3 is 1. The molecule has 2 aromatic carbocycles. The van der Waals surface area contributed by atoms with Crippen LogP contribution in [0.5, 0.6) is 5.75 Å². The molecule has 0 bridgehead atoms. The standard InChI is InChI=1S/C15H13Br2ClO/c1-9-4-3-5-12(14(9)16)15(17)11-7-6-10(19-2)8-13(11)18/h3-8,15H,1-2H3. The smallest absolute Gasteiger partial charge is 0.120 e. The normalized spacial score (nSPS) is 12.3. The molecular formula is C15H13Br2ClO. The lowest BCUT2D eigenvalue weighted by Gasteiger charge is -2.16. The minimum Gasteiger partial charge on any atom is -0.497 e. The summed E-state index contributed by atoms with van der Waals surface area (Å²) in [5.74, 6) is 0.761. The molecule has 0 amide bonds. The highest BCUT2D eigenvalue weighted by Crippen LogP contribution is 2.40. The molecular weight excluding hydrogens is 391 g/mol. The molecule has 1 nitrogen and oxygen atoms in total. The molecule has 2 aromatic rings. The average molecular weight is 405 g/mol. The van der Waals surface area contributed by atoms with Gasteiger partial charge in [-0.05, 0) is 35.7 Å². The van der Waals surface area contributed by atoms with Gasteiger partial charge in [-0.25, -0.2) is 0 Å². The van der Waals surface area contributed by atoms with Crippen molar-refractivity contribution in [3.05, 3.63) is 62.6 Å². The molecule has 0 N–H and O–H groups in total. The lowest BCUT2D eigenvalue weighted by atomic mass is 10.0. The molecule has 19 heavy (non-hydrogen) atoms. The van der Waals surface area contributed by atoms with Gasteiger partial charge in [-0.15, -0.1) is 0 Å². The molecule has 1 atom stereocenters. The van der Waals surface area contributed by atoms with Gasteiger partial charge >= 0.3 is 0 Å². The first-order valence-corrected chi connectivity index (χ1v) is 7.85. The quantitative estimate of drug-likeness (QED) is 0.579. The van der Waals surface area contributed by atoms with E-state index in [1.807, 2.05) is 24.3 Å². The van der Waals surface area contributed by atoms with Crippen molar-refractivity contribution in [1.82, 2.24) is 0 Å². The molecule has 0 fully saturated rings. The third-order valence-corrected chi connectivity index (χ3v) is 5.37. The predicted molar refractivity (Wildman–Crippen MR) is 87.7 cm³/mol. The number of rotatable bonds is 3. The van der Waals surface area contributed by atoms with E-state index in [0.717, 1.165) is 21.3 Å². The zero-order chi connectivity index (χ0) is 14.0.